The third-order valence-electron chi connectivity index (χ3n) is 3.99. The zero-order chi connectivity index (χ0) is 14.9. The van der Waals surface area contributed by atoms with Crippen LogP contribution in [0.4, 0.5) is 0 Å². The fraction of sp³-hybridized carbons (Fsp3) is 0.167. The lowest BCUT2D eigenvalue weighted by atomic mass is 10.1. The van der Waals surface area contributed by atoms with Gasteiger partial charge >= 0.3 is 0 Å². The van der Waals surface area contributed by atoms with Crippen LogP contribution in [0.5, 0.6) is 5.75 Å². The first-order valence-electron chi connectivity index (χ1n) is 7.26. The Balaban J connectivity index is 1.70. The Hall–Kier alpha value is -2.26. The minimum absolute atomic E-state index is 0.0686. The first-order chi connectivity index (χ1) is 10.8. The molecule has 1 heterocycles. The third-order valence-corrected chi connectivity index (χ3v) is 4.23. The Morgan fingerprint density at radius 1 is 1.14 bits per heavy atom. The Morgan fingerprint density at radius 2 is 2.05 bits per heavy atom. The molecule has 22 heavy (non-hydrogen) atoms. The number of rotatable bonds is 3. The second-order valence-corrected chi connectivity index (χ2v) is 5.80. The number of hydrogen-bond donors (Lipinski definition) is 0. The summed E-state index contributed by atoms with van der Waals surface area (Å²) in [5.74, 6) is 1.42. The van der Waals surface area contributed by atoms with Crippen LogP contribution in [-0.2, 0) is 6.42 Å². The van der Waals surface area contributed by atoms with Crippen molar-refractivity contribution >= 4 is 11.6 Å². The fourth-order valence-corrected chi connectivity index (χ4v) is 3.12. The molecule has 1 aliphatic carbocycles. The van der Waals surface area contributed by atoms with Crippen LogP contribution in [0.2, 0.25) is 5.02 Å². The molecule has 110 valence electrons. The van der Waals surface area contributed by atoms with Gasteiger partial charge in [0.1, 0.15) is 11.9 Å². The van der Waals surface area contributed by atoms with E-state index in [4.69, 9.17) is 20.9 Å². The van der Waals surface area contributed by atoms with Gasteiger partial charge < -0.3 is 9.26 Å². The predicted octanol–water partition coefficient (Wildman–Crippen LogP) is 5.06. The first-order valence-corrected chi connectivity index (χ1v) is 7.64. The summed E-state index contributed by atoms with van der Waals surface area (Å²) in [6.07, 6.45) is 3.72. The minimum atomic E-state index is 0.0686. The SMILES string of the molecule is Clc1ccc(OC2CCc3ccccc32)c(-c2ccno2)c1. The van der Waals surface area contributed by atoms with E-state index in [-0.39, 0.29) is 6.10 Å². The standard InChI is InChI=1S/C18H14ClNO2/c19-13-6-8-17(15(11-13)18-9-10-20-22-18)21-16-7-5-12-3-1-2-4-14(12)16/h1-4,6,8-11,16H,5,7H2. The third kappa shape index (κ3) is 2.38. The molecule has 2 aromatic carbocycles. The van der Waals surface area contributed by atoms with Crippen molar-refractivity contribution in [3.63, 3.8) is 0 Å². The highest BCUT2D eigenvalue weighted by molar-refractivity contribution is 6.30. The van der Waals surface area contributed by atoms with E-state index in [2.05, 4.69) is 29.4 Å². The maximum Gasteiger partial charge on any atom is 0.170 e. The zero-order valence-electron chi connectivity index (χ0n) is 11.8. The molecule has 3 nitrogen and oxygen atoms in total. The summed E-state index contributed by atoms with van der Waals surface area (Å²) in [5.41, 5.74) is 3.46. The van der Waals surface area contributed by atoms with Crippen molar-refractivity contribution < 1.29 is 9.26 Å². The largest absolute Gasteiger partial charge is 0.485 e. The minimum Gasteiger partial charge on any atom is -0.485 e. The average Bonchev–Trinajstić information content (AvgIpc) is 3.19. The molecule has 0 aliphatic heterocycles. The second-order valence-electron chi connectivity index (χ2n) is 5.36. The molecule has 1 aliphatic rings. The number of aryl methyl sites for hydroxylation is 1. The van der Waals surface area contributed by atoms with Gasteiger partial charge in [0.2, 0.25) is 0 Å². The van der Waals surface area contributed by atoms with Crippen molar-refractivity contribution in [3.05, 3.63) is 70.9 Å². The van der Waals surface area contributed by atoms with Crippen LogP contribution in [0.15, 0.2) is 59.3 Å². The van der Waals surface area contributed by atoms with Crippen molar-refractivity contribution in [3.8, 4) is 17.1 Å². The van der Waals surface area contributed by atoms with Crippen LogP contribution in [0.3, 0.4) is 0 Å². The van der Waals surface area contributed by atoms with E-state index in [9.17, 15) is 0 Å². The van der Waals surface area contributed by atoms with Gasteiger partial charge in [-0.25, -0.2) is 0 Å². The quantitative estimate of drug-likeness (QED) is 0.678. The Bertz CT molecular complexity index is 799. The average molecular weight is 312 g/mol. The number of aromatic nitrogens is 1. The zero-order valence-corrected chi connectivity index (χ0v) is 12.6. The number of benzene rings is 2. The van der Waals surface area contributed by atoms with Crippen LogP contribution in [-0.4, -0.2) is 5.16 Å². The summed E-state index contributed by atoms with van der Waals surface area (Å²) in [6.45, 7) is 0. The molecule has 4 heteroatoms. The number of ether oxygens (including phenoxy) is 1. The Morgan fingerprint density at radius 3 is 2.91 bits per heavy atom. The van der Waals surface area contributed by atoms with E-state index in [1.165, 1.54) is 11.1 Å². The summed E-state index contributed by atoms with van der Waals surface area (Å²) in [5, 5.41) is 4.41. The van der Waals surface area contributed by atoms with Crippen LogP contribution < -0.4 is 4.74 Å². The van der Waals surface area contributed by atoms with Crippen LogP contribution in [0.1, 0.15) is 23.7 Å². The van der Waals surface area contributed by atoms with Gasteiger partial charge in [0, 0.05) is 11.1 Å². The van der Waals surface area contributed by atoms with Crippen molar-refractivity contribution in [2.45, 2.75) is 18.9 Å². The molecule has 1 aromatic heterocycles. The van der Waals surface area contributed by atoms with Gasteiger partial charge in [0.05, 0.1) is 11.8 Å². The number of fused-ring (bicyclic) bond motifs is 1. The smallest absolute Gasteiger partial charge is 0.170 e. The van der Waals surface area contributed by atoms with Crippen molar-refractivity contribution in [2.75, 3.05) is 0 Å². The van der Waals surface area contributed by atoms with Crippen molar-refractivity contribution in [2.24, 2.45) is 0 Å². The normalized spacial score (nSPS) is 16.5. The van der Waals surface area contributed by atoms with E-state index in [0.29, 0.717) is 10.8 Å². The Labute approximate surface area is 133 Å². The molecule has 0 radical (unpaired) electrons. The lowest BCUT2D eigenvalue weighted by Gasteiger charge is -2.17. The van der Waals surface area contributed by atoms with Crippen LogP contribution >= 0.6 is 11.6 Å². The Kier molecular flexibility index (Phi) is 3.35. The lowest BCUT2D eigenvalue weighted by molar-refractivity contribution is 0.208. The van der Waals surface area contributed by atoms with Gasteiger partial charge in [0.15, 0.2) is 5.76 Å². The molecule has 0 bridgehead atoms. The molecule has 1 unspecified atom stereocenters. The highest BCUT2D eigenvalue weighted by atomic mass is 35.5. The molecular weight excluding hydrogens is 298 g/mol. The molecule has 3 aromatic rings. The van der Waals surface area contributed by atoms with Crippen LogP contribution in [0, 0.1) is 0 Å². The summed E-state index contributed by atoms with van der Waals surface area (Å²) in [6, 6.07) is 15.8. The summed E-state index contributed by atoms with van der Waals surface area (Å²) < 4.78 is 11.5. The molecule has 0 N–H and O–H groups in total. The molecular formula is C18H14ClNO2. The maximum atomic E-state index is 6.27. The molecule has 0 saturated heterocycles. The van der Waals surface area contributed by atoms with Gasteiger partial charge in [-0.1, -0.05) is 41.0 Å². The number of nitrogens with zero attached hydrogens (tertiary/aromatic N) is 1. The van der Waals surface area contributed by atoms with Gasteiger partial charge in [-0.05, 0) is 42.2 Å². The van der Waals surface area contributed by atoms with Crippen molar-refractivity contribution in [1.82, 2.24) is 5.16 Å². The lowest BCUT2D eigenvalue weighted by Crippen LogP contribution is -2.04. The monoisotopic (exact) mass is 311 g/mol. The van der Waals surface area contributed by atoms with E-state index in [1.807, 2.05) is 18.2 Å². The van der Waals surface area contributed by atoms with E-state index >= 15 is 0 Å². The van der Waals surface area contributed by atoms with E-state index < -0.39 is 0 Å². The van der Waals surface area contributed by atoms with Crippen LogP contribution in [0.25, 0.3) is 11.3 Å². The first kappa shape index (κ1) is 13.4. The van der Waals surface area contributed by atoms with Gasteiger partial charge in [-0.15, -0.1) is 0 Å². The fourth-order valence-electron chi connectivity index (χ4n) is 2.95. The molecule has 0 fully saturated rings. The van der Waals surface area contributed by atoms with E-state index in [1.54, 1.807) is 12.3 Å². The number of halogens is 1. The molecule has 0 saturated carbocycles. The maximum absolute atomic E-state index is 6.27. The second kappa shape index (κ2) is 5.50. The molecule has 0 amide bonds. The summed E-state index contributed by atoms with van der Waals surface area (Å²) >= 11 is 6.11. The highest BCUT2D eigenvalue weighted by Crippen LogP contribution is 2.39. The topological polar surface area (TPSA) is 35.3 Å². The number of hydrogen-bond acceptors (Lipinski definition) is 3. The predicted molar refractivity (Wildman–Crippen MR) is 85.1 cm³/mol. The highest BCUT2D eigenvalue weighted by Gasteiger charge is 2.25. The summed E-state index contributed by atoms with van der Waals surface area (Å²) in [4.78, 5) is 0. The van der Waals surface area contributed by atoms with E-state index in [0.717, 1.165) is 24.2 Å². The van der Waals surface area contributed by atoms with Crippen molar-refractivity contribution in [1.29, 1.82) is 0 Å². The molecule has 4 rings (SSSR count). The molecule has 1 atom stereocenters. The van der Waals surface area contributed by atoms with Gasteiger partial charge in [-0.2, -0.15) is 0 Å². The molecule has 0 spiro atoms. The summed E-state index contributed by atoms with van der Waals surface area (Å²) in [7, 11) is 0. The van der Waals surface area contributed by atoms with Gasteiger partial charge in [0.25, 0.3) is 0 Å². The van der Waals surface area contributed by atoms with Gasteiger partial charge in [-0.3, -0.25) is 0 Å².